The fourth-order valence-corrected chi connectivity index (χ4v) is 2.21. The van der Waals surface area contributed by atoms with Crippen molar-refractivity contribution in [3.05, 3.63) is 64.7 Å². The molecule has 4 nitrogen and oxygen atoms in total. The third-order valence-corrected chi connectivity index (χ3v) is 3.50. The van der Waals surface area contributed by atoms with Gasteiger partial charge in [0.25, 0.3) is 0 Å². The normalized spacial score (nSPS) is 9.91. The van der Waals surface area contributed by atoms with Gasteiger partial charge in [0.05, 0.1) is 17.7 Å². The van der Waals surface area contributed by atoms with Crippen LogP contribution in [-0.2, 0) is 11.3 Å². The van der Waals surface area contributed by atoms with E-state index in [0.29, 0.717) is 27.9 Å². The lowest BCUT2D eigenvalue weighted by Gasteiger charge is -2.12. The third-order valence-electron chi connectivity index (χ3n) is 2.93. The van der Waals surface area contributed by atoms with E-state index >= 15 is 0 Å². The molecule has 0 saturated heterocycles. The maximum absolute atomic E-state index is 11.6. The first-order valence-corrected chi connectivity index (χ1v) is 7.35. The van der Waals surface area contributed by atoms with Crippen molar-refractivity contribution in [3.63, 3.8) is 0 Å². The van der Waals surface area contributed by atoms with E-state index in [-0.39, 0.29) is 0 Å². The van der Waals surface area contributed by atoms with Gasteiger partial charge >= 0.3 is 5.97 Å². The number of ether oxygens (including phenoxy) is 1. The molecule has 0 aliphatic rings. The van der Waals surface area contributed by atoms with Crippen LogP contribution in [0.25, 0.3) is 0 Å². The fraction of sp³-hybridized carbons (Fsp3) is 0.125. The molecule has 0 bridgehead atoms. The van der Waals surface area contributed by atoms with E-state index in [1.54, 1.807) is 18.2 Å². The highest BCUT2D eigenvalue weighted by Gasteiger charge is 2.11. The van der Waals surface area contributed by atoms with Gasteiger partial charge < -0.3 is 15.4 Å². The van der Waals surface area contributed by atoms with Crippen LogP contribution in [0.4, 0.5) is 5.69 Å². The lowest BCUT2D eigenvalue weighted by molar-refractivity contribution is 0.0601. The van der Waals surface area contributed by atoms with Crippen LogP contribution >= 0.6 is 23.8 Å². The number of carbonyl (C=O) groups is 1. The van der Waals surface area contributed by atoms with E-state index < -0.39 is 5.97 Å². The van der Waals surface area contributed by atoms with Crippen LogP contribution in [0.2, 0.25) is 5.02 Å². The van der Waals surface area contributed by atoms with Gasteiger partial charge in [-0.1, -0.05) is 41.9 Å². The number of anilines is 1. The zero-order chi connectivity index (χ0) is 15.9. The van der Waals surface area contributed by atoms with Gasteiger partial charge in [-0.25, -0.2) is 4.79 Å². The predicted molar refractivity (Wildman–Crippen MR) is 92.3 cm³/mol. The number of nitrogens with one attached hydrogen (secondary N) is 2. The van der Waals surface area contributed by atoms with Gasteiger partial charge in [0, 0.05) is 12.2 Å². The first-order valence-electron chi connectivity index (χ1n) is 6.57. The smallest absolute Gasteiger partial charge is 0.339 e. The summed E-state index contributed by atoms with van der Waals surface area (Å²) in [5.74, 6) is -0.489. The molecule has 114 valence electrons. The molecule has 2 aromatic carbocycles. The monoisotopic (exact) mass is 334 g/mol. The second-order valence-corrected chi connectivity index (χ2v) is 5.29. The minimum absolute atomic E-state index is 0.292. The molecule has 0 amide bonds. The Morgan fingerprint density at radius 2 is 1.95 bits per heavy atom. The number of thiocarbonyl (C=S) groups is 1. The summed E-state index contributed by atoms with van der Waals surface area (Å²) in [4.78, 5) is 11.6. The zero-order valence-corrected chi connectivity index (χ0v) is 13.5. The number of methoxy groups -OCH3 is 1. The second kappa shape index (κ2) is 7.77. The summed E-state index contributed by atoms with van der Waals surface area (Å²) < 4.78 is 4.68. The van der Waals surface area contributed by atoms with Crippen molar-refractivity contribution in [1.29, 1.82) is 0 Å². The van der Waals surface area contributed by atoms with Crippen molar-refractivity contribution in [1.82, 2.24) is 5.32 Å². The Kier molecular flexibility index (Phi) is 5.75. The number of benzene rings is 2. The standard InChI is InChI=1S/C16H15ClN2O2S/c1-21-15(20)13-9-12(7-8-14(13)17)19-16(22)18-10-11-5-3-2-4-6-11/h2-9H,10H2,1H3,(H2,18,19,22). The van der Waals surface area contributed by atoms with Crippen LogP contribution in [0, 0.1) is 0 Å². The summed E-state index contributed by atoms with van der Waals surface area (Å²) in [5.41, 5.74) is 2.08. The molecule has 2 aromatic rings. The topological polar surface area (TPSA) is 50.4 Å². The number of esters is 1. The van der Waals surface area contributed by atoms with Crippen LogP contribution < -0.4 is 10.6 Å². The van der Waals surface area contributed by atoms with Crippen molar-refractivity contribution in [2.75, 3.05) is 12.4 Å². The van der Waals surface area contributed by atoms with Crippen molar-refractivity contribution >= 4 is 40.6 Å². The van der Waals surface area contributed by atoms with Crippen LogP contribution in [0.15, 0.2) is 48.5 Å². The van der Waals surface area contributed by atoms with Gasteiger partial charge in [0.15, 0.2) is 5.11 Å². The maximum atomic E-state index is 11.6. The van der Waals surface area contributed by atoms with E-state index in [9.17, 15) is 4.79 Å². The minimum Gasteiger partial charge on any atom is -0.465 e. The second-order valence-electron chi connectivity index (χ2n) is 4.48. The first-order chi connectivity index (χ1) is 10.6. The summed E-state index contributed by atoms with van der Waals surface area (Å²) in [7, 11) is 1.31. The third kappa shape index (κ3) is 4.44. The molecule has 6 heteroatoms. The van der Waals surface area contributed by atoms with Crippen LogP contribution in [-0.4, -0.2) is 18.2 Å². The Hall–Kier alpha value is -2.11. The van der Waals surface area contributed by atoms with Crippen molar-refractivity contribution in [2.45, 2.75) is 6.54 Å². The van der Waals surface area contributed by atoms with Gasteiger partial charge in [-0.3, -0.25) is 0 Å². The largest absolute Gasteiger partial charge is 0.465 e. The summed E-state index contributed by atoms with van der Waals surface area (Å²) in [6, 6.07) is 14.9. The Balaban J connectivity index is 1.98. The quantitative estimate of drug-likeness (QED) is 0.660. The van der Waals surface area contributed by atoms with Gasteiger partial charge in [-0.15, -0.1) is 0 Å². The van der Waals surface area contributed by atoms with E-state index in [1.165, 1.54) is 7.11 Å². The molecule has 0 fully saturated rings. The molecular weight excluding hydrogens is 320 g/mol. The van der Waals surface area contributed by atoms with Crippen LogP contribution in [0.1, 0.15) is 15.9 Å². The molecule has 0 saturated carbocycles. The highest BCUT2D eigenvalue weighted by molar-refractivity contribution is 7.80. The van der Waals surface area contributed by atoms with E-state index in [0.717, 1.165) is 5.56 Å². The molecule has 0 aromatic heterocycles. The Morgan fingerprint density at radius 3 is 2.64 bits per heavy atom. The molecule has 2 rings (SSSR count). The highest BCUT2D eigenvalue weighted by atomic mass is 35.5. The van der Waals surface area contributed by atoms with Crippen LogP contribution in [0.5, 0.6) is 0 Å². The average molecular weight is 335 g/mol. The zero-order valence-electron chi connectivity index (χ0n) is 11.9. The molecular formula is C16H15ClN2O2S. The number of halogens is 1. The summed E-state index contributed by atoms with van der Waals surface area (Å²) in [5, 5.41) is 6.90. The molecule has 22 heavy (non-hydrogen) atoms. The number of carbonyl (C=O) groups excluding carboxylic acids is 1. The Labute approximate surface area is 139 Å². The summed E-state index contributed by atoms with van der Waals surface area (Å²) >= 11 is 11.2. The predicted octanol–water partition coefficient (Wildman–Crippen LogP) is 3.61. The van der Waals surface area contributed by atoms with Crippen molar-refractivity contribution < 1.29 is 9.53 Å². The number of hydrogen-bond acceptors (Lipinski definition) is 3. The molecule has 0 heterocycles. The lowest BCUT2D eigenvalue weighted by Crippen LogP contribution is -2.27. The van der Waals surface area contributed by atoms with Gasteiger partial charge in [-0.05, 0) is 36.0 Å². The van der Waals surface area contributed by atoms with Crippen molar-refractivity contribution in [2.24, 2.45) is 0 Å². The van der Waals surface area contributed by atoms with E-state index in [2.05, 4.69) is 15.4 Å². The molecule has 0 radical (unpaired) electrons. The molecule has 0 atom stereocenters. The summed E-state index contributed by atoms with van der Waals surface area (Å²) in [6.07, 6.45) is 0. The minimum atomic E-state index is -0.489. The van der Waals surface area contributed by atoms with Gasteiger partial charge in [0.1, 0.15) is 0 Å². The van der Waals surface area contributed by atoms with E-state index in [4.69, 9.17) is 23.8 Å². The Morgan fingerprint density at radius 1 is 1.23 bits per heavy atom. The lowest BCUT2D eigenvalue weighted by atomic mass is 10.2. The molecule has 0 aliphatic carbocycles. The molecule has 0 unspecified atom stereocenters. The molecule has 2 N–H and O–H groups in total. The van der Waals surface area contributed by atoms with Crippen LogP contribution in [0.3, 0.4) is 0 Å². The summed E-state index contributed by atoms with van der Waals surface area (Å²) in [6.45, 7) is 0.615. The fourth-order valence-electron chi connectivity index (χ4n) is 1.82. The molecule has 0 spiro atoms. The SMILES string of the molecule is COC(=O)c1cc(NC(=S)NCc2ccccc2)ccc1Cl. The van der Waals surface area contributed by atoms with Gasteiger partial charge in [0.2, 0.25) is 0 Å². The average Bonchev–Trinajstić information content (AvgIpc) is 2.55. The highest BCUT2D eigenvalue weighted by Crippen LogP contribution is 2.21. The van der Waals surface area contributed by atoms with E-state index in [1.807, 2.05) is 30.3 Å². The number of rotatable bonds is 4. The van der Waals surface area contributed by atoms with Gasteiger partial charge in [-0.2, -0.15) is 0 Å². The molecule has 0 aliphatic heterocycles. The van der Waals surface area contributed by atoms with Crippen molar-refractivity contribution in [3.8, 4) is 0 Å². The number of hydrogen-bond donors (Lipinski definition) is 2. The maximum Gasteiger partial charge on any atom is 0.339 e. The Bertz CT molecular complexity index is 677. The first kappa shape index (κ1) is 16.3.